The van der Waals surface area contributed by atoms with E-state index in [2.05, 4.69) is 39.0 Å². The van der Waals surface area contributed by atoms with Crippen molar-refractivity contribution in [3.8, 4) is 0 Å². The van der Waals surface area contributed by atoms with Crippen LogP contribution in [0.3, 0.4) is 0 Å². The van der Waals surface area contributed by atoms with E-state index in [1.165, 1.54) is 0 Å². The molecule has 0 saturated carbocycles. The van der Waals surface area contributed by atoms with Gasteiger partial charge in [-0.1, -0.05) is 30.3 Å². The average Bonchev–Trinajstić information content (AvgIpc) is 2.67. The van der Waals surface area contributed by atoms with Gasteiger partial charge in [0.25, 0.3) is 5.91 Å². The van der Waals surface area contributed by atoms with E-state index in [4.69, 9.17) is 4.98 Å². The average molecular weight is 396 g/mol. The van der Waals surface area contributed by atoms with Crippen molar-refractivity contribution in [2.24, 2.45) is 0 Å². The van der Waals surface area contributed by atoms with Gasteiger partial charge in [-0.2, -0.15) is 0 Å². The van der Waals surface area contributed by atoms with E-state index >= 15 is 0 Å². The van der Waals surface area contributed by atoms with E-state index in [0.717, 1.165) is 39.8 Å². The summed E-state index contributed by atoms with van der Waals surface area (Å²) in [6.45, 7) is 2.99. The van der Waals surface area contributed by atoms with Gasteiger partial charge < -0.3 is 9.80 Å². The number of rotatable bonds is 2. The van der Waals surface area contributed by atoms with Crippen LogP contribution in [0.4, 0.5) is 5.82 Å². The van der Waals surface area contributed by atoms with Crippen molar-refractivity contribution >= 4 is 38.6 Å². The first-order valence-electron chi connectivity index (χ1n) is 8.37. The lowest BCUT2D eigenvalue weighted by atomic mass is 10.1. The molecule has 0 atom stereocenters. The van der Waals surface area contributed by atoms with E-state index in [9.17, 15) is 4.79 Å². The molecular weight excluding hydrogens is 378 g/mol. The number of pyridine rings is 1. The fourth-order valence-corrected chi connectivity index (χ4v) is 3.63. The molecule has 4 nitrogen and oxygen atoms in total. The number of para-hydroxylation sites is 1. The Morgan fingerprint density at radius 2 is 1.60 bits per heavy atom. The Balaban J connectivity index is 1.47. The van der Waals surface area contributed by atoms with Gasteiger partial charge in [-0.25, -0.2) is 4.98 Å². The maximum absolute atomic E-state index is 12.7. The molecule has 1 aliphatic rings. The summed E-state index contributed by atoms with van der Waals surface area (Å²) in [5, 5.41) is 1.15. The zero-order chi connectivity index (χ0) is 17.2. The maximum Gasteiger partial charge on any atom is 0.255 e. The third kappa shape index (κ3) is 3.24. The van der Waals surface area contributed by atoms with E-state index in [0.29, 0.717) is 13.1 Å². The van der Waals surface area contributed by atoms with Crippen LogP contribution < -0.4 is 4.90 Å². The second kappa shape index (κ2) is 6.84. The lowest BCUT2D eigenvalue weighted by Gasteiger charge is -2.35. The number of carbonyl (C=O) groups is 1. The number of carbonyl (C=O) groups excluding carboxylic acids is 1. The Hall–Kier alpha value is -2.40. The first kappa shape index (κ1) is 16.1. The Kier molecular flexibility index (Phi) is 4.40. The number of nitrogens with zero attached hydrogens (tertiary/aromatic N) is 3. The summed E-state index contributed by atoms with van der Waals surface area (Å²) in [6.07, 6.45) is 0. The lowest BCUT2D eigenvalue weighted by Crippen LogP contribution is -2.49. The second-order valence-electron chi connectivity index (χ2n) is 6.12. The van der Waals surface area contributed by atoms with Crippen molar-refractivity contribution in [3.63, 3.8) is 0 Å². The molecule has 5 heteroatoms. The van der Waals surface area contributed by atoms with E-state index in [-0.39, 0.29) is 5.91 Å². The third-order valence-electron chi connectivity index (χ3n) is 4.58. The van der Waals surface area contributed by atoms with Crippen molar-refractivity contribution in [2.45, 2.75) is 0 Å². The molecule has 126 valence electrons. The van der Waals surface area contributed by atoms with Crippen LogP contribution >= 0.6 is 15.9 Å². The molecule has 2 heterocycles. The molecule has 1 amide bonds. The highest BCUT2D eigenvalue weighted by molar-refractivity contribution is 9.10. The molecule has 25 heavy (non-hydrogen) atoms. The van der Waals surface area contributed by atoms with Crippen molar-refractivity contribution in [2.75, 3.05) is 31.1 Å². The molecule has 1 aliphatic heterocycles. The summed E-state index contributed by atoms with van der Waals surface area (Å²) in [5.74, 6) is 1.06. The number of fused-ring (bicyclic) bond motifs is 1. The Morgan fingerprint density at radius 3 is 2.40 bits per heavy atom. The zero-order valence-corrected chi connectivity index (χ0v) is 15.3. The molecule has 1 fully saturated rings. The smallest absolute Gasteiger partial charge is 0.255 e. The Labute approximate surface area is 155 Å². The summed E-state index contributed by atoms with van der Waals surface area (Å²) in [6, 6.07) is 19.9. The van der Waals surface area contributed by atoms with Crippen LogP contribution in [0, 0.1) is 0 Å². The van der Waals surface area contributed by atoms with Crippen LogP contribution in [0.5, 0.6) is 0 Å². The van der Waals surface area contributed by atoms with Gasteiger partial charge in [0.15, 0.2) is 0 Å². The fraction of sp³-hybridized carbons (Fsp3) is 0.200. The van der Waals surface area contributed by atoms with Crippen molar-refractivity contribution in [3.05, 3.63) is 70.7 Å². The molecule has 3 aromatic rings. The van der Waals surface area contributed by atoms with Gasteiger partial charge in [0, 0.05) is 36.0 Å². The van der Waals surface area contributed by atoms with Crippen LogP contribution in [0.2, 0.25) is 0 Å². The molecule has 0 spiro atoms. The topological polar surface area (TPSA) is 36.4 Å². The molecule has 0 unspecified atom stereocenters. The van der Waals surface area contributed by atoms with Gasteiger partial charge in [0.05, 0.1) is 11.1 Å². The summed E-state index contributed by atoms with van der Waals surface area (Å²) >= 11 is 3.47. The zero-order valence-electron chi connectivity index (χ0n) is 13.7. The number of piperazine rings is 1. The first-order chi connectivity index (χ1) is 12.2. The quantitative estimate of drug-likeness (QED) is 0.658. The van der Waals surface area contributed by atoms with Gasteiger partial charge in [-0.15, -0.1) is 0 Å². The lowest BCUT2D eigenvalue weighted by molar-refractivity contribution is 0.0745. The molecule has 1 aromatic heterocycles. The van der Waals surface area contributed by atoms with Crippen molar-refractivity contribution in [1.29, 1.82) is 0 Å². The van der Waals surface area contributed by atoms with Gasteiger partial charge in [-0.05, 0) is 46.3 Å². The number of aromatic nitrogens is 1. The Bertz CT molecular complexity index is 919. The fourth-order valence-electron chi connectivity index (χ4n) is 3.18. The number of hydrogen-bond acceptors (Lipinski definition) is 3. The maximum atomic E-state index is 12.7. The molecule has 0 radical (unpaired) electrons. The highest BCUT2D eigenvalue weighted by atomic mass is 79.9. The van der Waals surface area contributed by atoms with Gasteiger partial charge in [0.2, 0.25) is 0 Å². The highest BCUT2D eigenvalue weighted by Gasteiger charge is 2.24. The number of hydrogen-bond donors (Lipinski definition) is 0. The van der Waals surface area contributed by atoms with Gasteiger partial charge in [0.1, 0.15) is 5.82 Å². The summed E-state index contributed by atoms with van der Waals surface area (Å²) in [7, 11) is 0. The monoisotopic (exact) mass is 395 g/mol. The Morgan fingerprint density at radius 1 is 0.880 bits per heavy atom. The van der Waals surface area contributed by atoms with Crippen molar-refractivity contribution < 1.29 is 4.79 Å². The van der Waals surface area contributed by atoms with Crippen LogP contribution in [0.1, 0.15) is 10.4 Å². The number of amides is 1. The molecule has 4 rings (SSSR count). The molecule has 0 bridgehead atoms. The number of halogens is 1. The second-order valence-corrected chi connectivity index (χ2v) is 6.98. The number of anilines is 1. The van der Waals surface area contributed by atoms with Crippen LogP contribution in [0.15, 0.2) is 65.1 Å². The highest BCUT2D eigenvalue weighted by Crippen LogP contribution is 2.21. The van der Waals surface area contributed by atoms with E-state index in [1.807, 2.05) is 47.4 Å². The van der Waals surface area contributed by atoms with Crippen LogP contribution in [-0.2, 0) is 0 Å². The minimum absolute atomic E-state index is 0.0820. The molecule has 0 aliphatic carbocycles. The molecule has 0 N–H and O–H groups in total. The summed E-state index contributed by atoms with van der Waals surface area (Å²) < 4.78 is 0.846. The minimum Gasteiger partial charge on any atom is -0.353 e. The summed E-state index contributed by atoms with van der Waals surface area (Å²) in [4.78, 5) is 21.6. The first-order valence-corrected chi connectivity index (χ1v) is 9.16. The SMILES string of the molecule is O=C(c1ccccc1Br)N1CCN(c2ccc3ccccc3n2)CC1. The van der Waals surface area contributed by atoms with E-state index < -0.39 is 0 Å². The number of benzene rings is 2. The molecular formula is C20H18BrN3O. The molecule has 2 aromatic carbocycles. The third-order valence-corrected chi connectivity index (χ3v) is 5.27. The predicted molar refractivity (Wildman–Crippen MR) is 104 cm³/mol. The van der Waals surface area contributed by atoms with Crippen LogP contribution in [-0.4, -0.2) is 42.0 Å². The van der Waals surface area contributed by atoms with Gasteiger partial charge in [-0.3, -0.25) is 4.79 Å². The van der Waals surface area contributed by atoms with Crippen LogP contribution in [0.25, 0.3) is 10.9 Å². The van der Waals surface area contributed by atoms with E-state index in [1.54, 1.807) is 0 Å². The van der Waals surface area contributed by atoms with Crippen molar-refractivity contribution in [1.82, 2.24) is 9.88 Å². The predicted octanol–water partition coefficient (Wildman–Crippen LogP) is 3.96. The van der Waals surface area contributed by atoms with Gasteiger partial charge >= 0.3 is 0 Å². The summed E-state index contributed by atoms with van der Waals surface area (Å²) in [5.41, 5.74) is 1.73. The normalized spacial score (nSPS) is 14.8. The minimum atomic E-state index is 0.0820. The largest absolute Gasteiger partial charge is 0.353 e. The molecule has 1 saturated heterocycles. The standard InChI is InChI=1S/C20H18BrN3O/c21-17-7-3-2-6-16(17)20(25)24-13-11-23(12-14-24)19-10-9-15-5-1-4-8-18(15)22-19/h1-10H,11-14H2.